The Morgan fingerprint density at radius 3 is 2.69 bits per heavy atom. The number of rotatable bonds is 4. The number of sulfonamides is 1. The predicted octanol–water partition coefficient (Wildman–Crippen LogP) is -1.94. The Balaban J connectivity index is 2.68. The summed E-state index contributed by atoms with van der Waals surface area (Å²) in [7, 11) is -3.61. The SMILES string of the molecule is CC(CN)S(=O)(=O)NC1CCC(=O)NC1=O. The van der Waals surface area contributed by atoms with E-state index in [2.05, 4.69) is 10.0 Å². The summed E-state index contributed by atoms with van der Waals surface area (Å²) >= 11 is 0. The van der Waals surface area contributed by atoms with Crippen LogP contribution in [0.1, 0.15) is 19.8 Å². The molecule has 2 unspecified atom stereocenters. The predicted molar refractivity (Wildman–Crippen MR) is 56.7 cm³/mol. The molecule has 0 aliphatic carbocycles. The van der Waals surface area contributed by atoms with Crippen molar-refractivity contribution in [3.8, 4) is 0 Å². The fourth-order valence-corrected chi connectivity index (χ4v) is 2.35. The maximum absolute atomic E-state index is 11.6. The Hall–Kier alpha value is -0.990. The van der Waals surface area contributed by atoms with E-state index in [1.807, 2.05) is 0 Å². The van der Waals surface area contributed by atoms with Crippen LogP contribution < -0.4 is 15.8 Å². The van der Waals surface area contributed by atoms with E-state index in [9.17, 15) is 18.0 Å². The van der Waals surface area contributed by atoms with E-state index >= 15 is 0 Å². The van der Waals surface area contributed by atoms with E-state index in [0.717, 1.165) is 0 Å². The molecule has 1 rings (SSSR count). The van der Waals surface area contributed by atoms with Crippen LogP contribution in [-0.2, 0) is 19.6 Å². The first-order valence-electron chi connectivity index (χ1n) is 4.91. The second kappa shape index (κ2) is 4.89. The largest absolute Gasteiger partial charge is 0.329 e. The lowest BCUT2D eigenvalue weighted by Gasteiger charge is -2.23. The van der Waals surface area contributed by atoms with Gasteiger partial charge in [-0.05, 0) is 13.3 Å². The van der Waals surface area contributed by atoms with Gasteiger partial charge in [-0.15, -0.1) is 0 Å². The Morgan fingerprint density at radius 1 is 1.56 bits per heavy atom. The zero-order valence-electron chi connectivity index (χ0n) is 8.89. The van der Waals surface area contributed by atoms with Gasteiger partial charge in [0.2, 0.25) is 21.8 Å². The van der Waals surface area contributed by atoms with E-state index in [1.54, 1.807) is 0 Å². The number of nitrogens with one attached hydrogen (secondary N) is 2. The summed E-state index contributed by atoms with van der Waals surface area (Å²) < 4.78 is 25.4. The Morgan fingerprint density at radius 2 is 2.19 bits per heavy atom. The van der Waals surface area contributed by atoms with Gasteiger partial charge in [0.15, 0.2) is 0 Å². The molecule has 0 aromatic heterocycles. The van der Waals surface area contributed by atoms with Crippen molar-refractivity contribution >= 4 is 21.8 Å². The van der Waals surface area contributed by atoms with Gasteiger partial charge in [-0.1, -0.05) is 0 Å². The van der Waals surface area contributed by atoms with E-state index in [0.29, 0.717) is 0 Å². The highest BCUT2D eigenvalue weighted by molar-refractivity contribution is 7.90. The summed E-state index contributed by atoms with van der Waals surface area (Å²) in [5.74, 6) is -0.989. The molecule has 2 atom stereocenters. The second-order valence-corrected chi connectivity index (χ2v) is 5.84. The third-order valence-corrected chi connectivity index (χ3v) is 4.27. The standard InChI is InChI=1S/C8H15N3O4S/c1-5(4-9)16(14,15)11-6-2-3-7(12)10-8(6)13/h5-6,11H,2-4,9H2,1H3,(H,10,12,13). The zero-order chi connectivity index (χ0) is 12.3. The van der Waals surface area contributed by atoms with Crippen LogP contribution in [-0.4, -0.2) is 38.1 Å². The van der Waals surface area contributed by atoms with E-state index < -0.39 is 27.2 Å². The lowest BCUT2D eigenvalue weighted by atomic mass is 10.1. The minimum absolute atomic E-state index is 0.0252. The molecule has 0 radical (unpaired) electrons. The number of imide groups is 1. The molecule has 1 aliphatic rings. The van der Waals surface area contributed by atoms with Gasteiger partial charge >= 0.3 is 0 Å². The van der Waals surface area contributed by atoms with Crippen LogP contribution in [0.25, 0.3) is 0 Å². The quantitative estimate of drug-likeness (QED) is 0.501. The third kappa shape index (κ3) is 3.00. The van der Waals surface area contributed by atoms with Gasteiger partial charge in [0.25, 0.3) is 0 Å². The molecular formula is C8H15N3O4S. The van der Waals surface area contributed by atoms with Crippen molar-refractivity contribution in [2.75, 3.05) is 6.54 Å². The molecule has 1 fully saturated rings. The van der Waals surface area contributed by atoms with E-state index in [1.165, 1.54) is 6.92 Å². The molecule has 0 aromatic rings. The van der Waals surface area contributed by atoms with Crippen LogP contribution in [0.5, 0.6) is 0 Å². The monoisotopic (exact) mass is 249 g/mol. The molecule has 8 heteroatoms. The molecular weight excluding hydrogens is 234 g/mol. The summed E-state index contributed by atoms with van der Waals surface area (Å²) in [6.07, 6.45) is 0.317. The highest BCUT2D eigenvalue weighted by atomic mass is 32.2. The van der Waals surface area contributed by atoms with Crippen molar-refractivity contribution in [3.05, 3.63) is 0 Å². The highest BCUT2D eigenvalue weighted by Gasteiger charge is 2.31. The molecule has 0 bridgehead atoms. The van der Waals surface area contributed by atoms with Crippen molar-refractivity contribution in [2.45, 2.75) is 31.1 Å². The van der Waals surface area contributed by atoms with Gasteiger partial charge < -0.3 is 5.73 Å². The minimum Gasteiger partial charge on any atom is -0.329 e. The van der Waals surface area contributed by atoms with Gasteiger partial charge in [0.1, 0.15) is 6.04 Å². The lowest BCUT2D eigenvalue weighted by Crippen LogP contribution is -2.54. The first kappa shape index (κ1) is 13.1. The van der Waals surface area contributed by atoms with Crippen molar-refractivity contribution in [1.29, 1.82) is 0 Å². The van der Waals surface area contributed by atoms with Crippen molar-refractivity contribution in [3.63, 3.8) is 0 Å². The van der Waals surface area contributed by atoms with Gasteiger partial charge in [-0.3, -0.25) is 14.9 Å². The first-order chi connectivity index (χ1) is 7.36. The summed E-state index contributed by atoms with van der Waals surface area (Å²) in [5, 5.41) is 1.31. The topological polar surface area (TPSA) is 118 Å². The molecule has 0 aromatic carbocycles. The Labute approximate surface area is 93.8 Å². The zero-order valence-corrected chi connectivity index (χ0v) is 9.71. The van der Waals surface area contributed by atoms with Gasteiger partial charge in [0, 0.05) is 13.0 Å². The third-order valence-electron chi connectivity index (χ3n) is 2.41. The van der Waals surface area contributed by atoms with Gasteiger partial charge in [0.05, 0.1) is 5.25 Å². The molecule has 0 saturated carbocycles. The van der Waals surface area contributed by atoms with Crippen LogP contribution in [0, 0.1) is 0 Å². The van der Waals surface area contributed by atoms with Crippen LogP contribution in [0.4, 0.5) is 0 Å². The number of piperidine rings is 1. The Bertz CT molecular complexity index is 392. The second-order valence-electron chi connectivity index (χ2n) is 3.71. The first-order valence-corrected chi connectivity index (χ1v) is 6.46. The molecule has 0 spiro atoms. The normalized spacial score (nSPS) is 24.0. The molecule has 4 N–H and O–H groups in total. The number of hydrogen-bond donors (Lipinski definition) is 3. The highest BCUT2D eigenvalue weighted by Crippen LogP contribution is 2.07. The molecule has 16 heavy (non-hydrogen) atoms. The molecule has 1 heterocycles. The lowest BCUT2D eigenvalue weighted by molar-refractivity contribution is -0.134. The fraction of sp³-hybridized carbons (Fsp3) is 0.750. The average Bonchev–Trinajstić information content (AvgIpc) is 2.21. The van der Waals surface area contributed by atoms with Crippen molar-refractivity contribution < 1.29 is 18.0 Å². The summed E-state index contributed by atoms with van der Waals surface area (Å²) in [5.41, 5.74) is 5.25. The van der Waals surface area contributed by atoms with Crippen LogP contribution >= 0.6 is 0 Å². The summed E-state index contributed by atoms with van der Waals surface area (Å²) in [6, 6.07) is -0.878. The van der Waals surface area contributed by atoms with E-state index in [-0.39, 0.29) is 25.3 Å². The smallest absolute Gasteiger partial charge is 0.244 e. The number of nitrogens with two attached hydrogens (primary N) is 1. The maximum atomic E-state index is 11.6. The number of carbonyl (C=O) groups is 2. The fourth-order valence-electron chi connectivity index (χ4n) is 1.25. The van der Waals surface area contributed by atoms with Crippen molar-refractivity contribution in [2.24, 2.45) is 5.73 Å². The van der Waals surface area contributed by atoms with E-state index in [4.69, 9.17) is 5.73 Å². The van der Waals surface area contributed by atoms with Gasteiger partial charge in [-0.2, -0.15) is 0 Å². The van der Waals surface area contributed by atoms with Crippen LogP contribution in [0.2, 0.25) is 0 Å². The molecule has 92 valence electrons. The summed E-state index contributed by atoms with van der Waals surface area (Å²) in [4.78, 5) is 22.1. The van der Waals surface area contributed by atoms with Gasteiger partial charge in [-0.25, -0.2) is 13.1 Å². The number of carbonyl (C=O) groups excluding carboxylic acids is 2. The number of hydrogen-bond acceptors (Lipinski definition) is 5. The van der Waals surface area contributed by atoms with Crippen molar-refractivity contribution in [1.82, 2.24) is 10.0 Å². The maximum Gasteiger partial charge on any atom is 0.244 e. The van der Waals surface area contributed by atoms with Crippen LogP contribution in [0.15, 0.2) is 0 Å². The Kier molecular flexibility index (Phi) is 4.00. The summed E-state index contributed by atoms with van der Waals surface area (Å²) in [6.45, 7) is 1.43. The molecule has 1 aliphatic heterocycles. The molecule has 7 nitrogen and oxygen atoms in total. The minimum atomic E-state index is -3.61. The molecule has 1 saturated heterocycles. The number of amides is 2. The average molecular weight is 249 g/mol. The van der Waals surface area contributed by atoms with Crippen LogP contribution in [0.3, 0.4) is 0 Å². The molecule has 2 amide bonds.